The topological polar surface area (TPSA) is 70.5 Å². The van der Waals surface area contributed by atoms with E-state index in [-0.39, 0.29) is 24.7 Å². The number of aliphatic carboxylic acids is 1. The maximum atomic E-state index is 13.4. The van der Waals surface area contributed by atoms with Crippen LogP contribution in [-0.2, 0) is 16.1 Å². The van der Waals surface area contributed by atoms with E-state index in [9.17, 15) is 14.0 Å². The highest BCUT2D eigenvalue weighted by Crippen LogP contribution is 2.45. The summed E-state index contributed by atoms with van der Waals surface area (Å²) in [5.41, 5.74) is 1.16. The summed E-state index contributed by atoms with van der Waals surface area (Å²) in [5, 5.41) is 9.48. The number of hydrogen-bond acceptors (Lipinski definition) is 5. The molecule has 2 aromatic carbocycles. The Morgan fingerprint density at radius 1 is 1.33 bits per heavy atom. The largest absolute Gasteiger partial charge is 0.481 e. The van der Waals surface area contributed by atoms with Crippen molar-refractivity contribution in [2.75, 3.05) is 4.90 Å². The number of thioether (sulfide) groups is 1. The summed E-state index contributed by atoms with van der Waals surface area (Å²) in [4.78, 5) is 30.7. The van der Waals surface area contributed by atoms with Gasteiger partial charge in [0.05, 0.1) is 44.0 Å². The minimum absolute atomic E-state index is 0.170. The van der Waals surface area contributed by atoms with E-state index in [2.05, 4.69) is 4.98 Å². The number of hydrogen-bond donors (Lipinski definition) is 1. The number of aromatic nitrogens is 1. The van der Waals surface area contributed by atoms with Crippen LogP contribution >= 0.6 is 34.7 Å². The van der Waals surface area contributed by atoms with Crippen LogP contribution in [0.5, 0.6) is 0 Å². The lowest BCUT2D eigenvalue weighted by atomic mass is 10.2. The fourth-order valence-electron chi connectivity index (χ4n) is 2.91. The molecule has 1 aliphatic rings. The van der Waals surface area contributed by atoms with Crippen molar-refractivity contribution in [3.8, 4) is 0 Å². The van der Waals surface area contributed by atoms with Crippen LogP contribution in [0.3, 0.4) is 0 Å². The van der Waals surface area contributed by atoms with Gasteiger partial charge in [0.2, 0.25) is 5.91 Å². The van der Waals surface area contributed by atoms with Gasteiger partial charge in [-0.25, -0.2) is 9.37 Å². The first-order valence-electron chi connectivity index (χ1n) is 7.95. The van der Waals surface area contributed by atoms with Gasteiger partial charge in [0, 0.05) is 6.07 Å². The molecule has 4 rings (SSSR count). The molecule has 9 heteroatoms. The fourth-order valence-corrected chi connectivity index (χ4v) is 5.37. The average molecular weight is 423 g/mol. The summed E-state index contributed by atoms with van der Waals surface area (Å²) < 4.78 is 14.2. The van der Waals surface area contributed by atoms with Gasteiger partial charge in [0.1, 0.15) is 10.8 Å². The quantitative estimate of drug-likeness (QED) is 0.666. The number of anilines is 1. The molecular formula is C18H12ClFN2O3S2. The molecule has 1 N–H and O–H groups in total. The number of carboxylic acid groups (broad SMARTS) is 1. The van der Waals surface area contributed by atoms with Crippen molar-refractivity contribution in [2.24, 2.45) is 0 Å². The van der Waals surface area contributed by atoms with E-state index in [0.717, 1.165) is 4.70 Å². The number of rotatable bonds is 4. The Balaban J connectivity index is 1.73. The number of carbonyl (C=O) groups excluding carboxylic acids is 1. The molecule has 3 aromatic rings. The van der Waals surface area contributed by atoms with Gasteiger partial charge < -0.3 is 10.0 Å². The molecule has 1 unspecified atom stereocenters. The fraction of sp³-hybridized carbons (Fsp3) is 0.167. The van der Waals surface area contributed by atoms with E-state index in [4.69, 9.17) is 16.7 Å². The Kier molecular flexibility index (Phi) is 4.79. The van der Waals surface area contributed by atoms with Crippen LogP contribution in [0.4, 0.5) is 10.1 Å². The molecule has 0 fully saturated rings. The molecule has 27 heavy (non-hydrogen) atoms. The highest BCUT2D eigenvalue weighted by atomic mass is 35.5. The van der Waals surface area contributed by atoms with Gasteiger partial charge in [-0.15, -0.1) is 23.1 Å². The van der Waals surface area contributed by atoms with Crippen LogP contribution in [0.15, 0.2) is 41.3 Å². The number of amides is 1. The second kappa shape index (κ2) is 7.10. The molecule has 5 nitrogen and oxygen atoms in total. The summed E-state index contributed by atoms with van der Waals surface area (Å²) in [6, 6.07) is 9.59. The first kappa shape index (κ1) is 18.2. The maximum Gasteiger partial charge on any atom is 0.305 e. The molecule has 2 heterocycles. The number of fused-ring (bicyclic) bond motifs is 2. The van der Waals surface area contributed by atoms with Gasteiger partial charge in [0.25, 0.3) is 0 Å². The molecule has 0 saturated carbocycles. The molecule has 0 radical (unpaired) electrons. The Hall–Kier alpha value is -2.16. The van der Waals surface area contributed by atoms with Gasteiger partial charge in [-0.2, -0.15) is 0 Å². The first-order chi connectivity index (χ1) is 12.9. The van der Waals surface area contributed by atoms with Crippen LogP contribution in [0.25, 0.3) is 10.2 Å². The third-order valence-corrected chi connectivity index (χ3v) is 6.85. The molecule has 0 saturated heterocycles. The maximum absolute atomic E-state index is 13.4. The Morgan fingerprint density at radius 3 is 2.93 bits per heavy atom. The lowest BCUT2D eigenvalue weighted by Gasteiger charge is -2.33. The number of benzene rings is 2. The summed E-state index contributed by atoms with van der Waals surface area (Å²) in [7, 11) is 0. The third kappa shape index (κ3) is 3.52. The van der Waals surface area contributed by atoms with Crippen molar-refractivity contribution >= 4 is 62.5 Å². The Bertz CT molecular complexity index is 1070. The van der Waals surface area contributed by atoms with Gasteiger partial charge in [-0.05, 0) is 24.3 Å². The van der Waals surface area contributed by atoms with Gasteiger partial charge in [-0.3, -0.25) is 9.59 Å². The van der Waals surface area contributed by atoms with Gasteiger partial charge in [0.15, 0.2) is 0 Å². The SMILES string of the molecule is O=C(O)CC1Sc2c(Cl)cccc2N(Cc2nc3cc(F)ccc3s2)C1=O. The molecule has 0 spiro atoms. The highest BCUT2D eigenvalue weighted by Gasteiger charge is 2.36. The van der Waals surface area contributed by atoms with E-state index in [1.165, 1.54) is 40.1 Å². The molecule has 0 aliphatic carbocycles. The van der Waals surface area contributed by atoms with Crippen molar-refractivity contribution in [1.82, 2.24) is 4.98 Å². The Labute approximate surface area is 166 Å². The van der Waals surface area contributed by atoms with Gasteiger partial charge >= 0.3 is 5.97 Å². The zero-order valence-corrected chi connectivity index (χ0v) is 16.1. The number of thiazole rings is 1. The standard InChI is InChI=1S/C18H12ClFN2O3S2/c19-10-2-1-3-12-17(10)27-14(7-16(23)24)18(25)22(12)8-15-21-11-6-9(20)4-5-13(11)26-15/h1-6,14H,7-8H2,(H,23,24). The second-order valence-electron chi connectivity index (χ2n) is 5.94. The number of nitrogens with zero attached hydrogens (tertiary/aromatic N) is 2. The normalized spacial score (nSPS) is 16.6. The van der Waals surface area contributed by atoms with Crippen molar-refractivity contribution < 1.29 is 19.1 Å². The predicted molar refractivity (Wildman–Crippen MR) is 104 cm³/mol. The third-order valence-electron chi connectivity index (χ3n) is 4.09. The number of halogens is 2. The van der Waals surface area contributed by atoms with E-state index >= 15 is 0 Å². The minimum Gasteiger partial charge on any atom is -0.481 e. The number of carboxylic acids is 1. The zero-order valence-electron chi connectivity index (χ0n) is 13.7. The molecule has 138 valence electrons. The molecule has 1 amide bonds. The van der Waals surface area contributed by atoms with Crippen molar-refractivity contribution in [3.05, 3.63) is 52.2 Å². The van der Waals surface area contributed by atoms with E-state index < -0.39 is 11.2 Å². The van der Waals surface area contributed by atoms with Gasteiger partial charge in [-0.1, -0.05) is 17.7 Å². The summed E-state index contributed by atoms with van der Waals surface area (Å²) in [5.74, 6) is -1.72. The van der Waals surface area contributed by atoms with E-state index in [1.54, 1.807) is 24.3 Å². The lowest BCUT2D eigenvalue weighted by Crippen LogP contribution is -2.41. The van der Waals surface area contributed by atoms with Crippen molar-refractivity contribution in [1.29, 1.82) is 0 Å². The minimum atomic E-state index is -1.05. The van der Waals surface area contributed by atoms with E-state index in [0.29, 0.717) is 26.1 Å². The molecule has 1 aromatic heterocycles. The summed E-state index contributed by atoms with van der Waals surface area (Å²) >= 11 is 8.82. The van der Waals surface area contributed by atoms with Crippen LogP contribution in [0.1, 0.15) is 11.4 Å². The van der Waals surface area contributed by atoms with Crippen molar-refractivity contribution in [3.63, 3.8) is 0 Å². The number of carbonyl (C=O) groups is 2. The van der Waals surface area contributed by atoms with Crippen molar-refractivity contribution in [2.45, 2.75) is 23.1 Å². The molecule has 1 atom stereocenters. The highest BCUT2D eigenvalue weighted by molar-refractivity contribution is 8.01. The van der Waals surface area contributed by atoms with Crippen LogP contribution in [0, 0.1) is 5.82 Å². The second-order valence-corrected chi connectivity index (χ2v) is 8.67. The smallest absolute Gasteiger partial charge is 0.305 e. The Morgan fingerprint density at radius 2 is 2.15 bits per heavy atom. The lowest BCUT2D eigenvalue weighted by molar-refractivity contribution is -0.138. The van der Waals surface area contributed by atoms with Crippen LogP contribution in [0.2, 0.25) is 5.02 Å². The molecule has 1 aliphatic heterocycles. The predicted octanol–water partition coefficient (Wildman–Crippen LogP) is 4.57. The molecular weight excluding hydrogens is 411 g/mol. The monoisotopic (exact) mass is 422 g/mol. The van der Waals surface area contributed by atoms with Crippen LogP contribution in [-0.4, -0.2) is 27.2 Å². The first-order valence-corrected chi connectivity index (χ1v) is 10.0. The zero-order chi connectivity index (χ0) is 19.1. The molecule has 0 bridgehead atoms. The summed E-state index contributed by atoms with van der Waals surface area (Å²) in [6.45, 7) is 0.170. The average Bonchev–Trinajstić information content (AvgIpc) is 3.00. The summed E-state index contributed by atoms with van der Waals surface area (Å²) in [6.07, 6.45) is -0.296. The van der Waals surface area contributed by atoms with Crippen LogP contribution < -0.4 is 4.90 Å². The van der Waals surface area contributed by atoms with E-state index in [1.807, 2.05) is 0 Å².